The molecule has 7 nitrogen and oxygen atoms in total. The number of hydrogen-bond donors (Lipinski definition) is 4. The van der Waals surface area contributed by atoms with Crippen molar-refractivity contribution in [1.29, 1.82) is 0 Å². The van der Waals surface area contributed by atoms with Gasteiger partial charge in [0, 0.05) is 5.56 Å². The number of carbonyl (C=O) groups is 2. The Balaban J connectivity index is 2.36. The molecule has 0 aromatic heterocycles. The fourth-order valence-corrected chi connectivity index (χ4v) is 1.83. The normalized spacial score (nSPS) is 10.5. The van der Waals surface area contributed by atoms with Gasteiger partial charge < -0.3 is 15.9 Å². The molecule has 22 heavy (non-hydrogen) atoms. The monoisotopic (exact) mass is 299 g/mol. The largest absolute Gasteiger partial charge is 0.507 e. The van der Waals surface area contributed by atoms with Crippen LogP contribution in [-0.4, -0.2) is 28.4 Å². The number of phenolic OH excluding ortho intramolecular Hbond substituents is 1. The lowest BCUT2D eigenvalue weighted by Gasteiger charge is -2.06. The van der Waals surface area contributed by atoms with Crippen molar-refractivity contribution < 1.29 is 19.8 Å². The van der Waals surface area contributed by atoms with Gasteiger partial charge >= 0.3 is 12.0 Å². The van der Waals surface area contributed by atoms with Crippen LogP contribution >= 0.6 is 0 Å². The lowest BCUT2D eigenvalue weighted by atomic mass is 10.0. The smallest absolute Gasteiger partial charge is 0.335 e. The van der Waals surface area contributed by atoms with Crippen LogP contribution in [-0.2, 0) is 0 Å². The number of carbonyl (C=O) groups excluding carboxylic acids is 1. The molecule has 0 spiro atoms. The van der Waals surface area contributed by atoms with Gasteiger partial charge in [-0.3, -0.25) is 0 Å². The number of urea groups is 1. The number of primary amides is 1. The predicted octanol–water partition coefficient (Wildman–Crippen LogP) is 1.76. The van der Waals surface area contributed by atoms with Gasteiger partial charge in [0.1, 0.15) is 5.75 Å². The van der Waals surface area contributed by atoms with E-state index < -0.39 is 12.0 Å². The van der Waals surface area contributed by atoms with Crippen LogP contribution in [0.2, 0.25) is 0 Å². The molecule has 0 unspecified atom stereocenters. The van der Waals surface area contributed by atoms with Crippen LogP contribution in [0.25, 0.3) is 11.1 Å². The van der Waals surface area contributed by atoms with Crippen molar-refractivity contribution in [1.82, 2.24) is 5.43 Å². The molecule has 0 aliphatic rings. The van der Waals surface area contributed by atoms with Crippen molar-refractivity contribution in [3.63, 3.8) is 0 Å². The Morgan fingerprint density at radius 2 is 1.86 bits per heavy atom. The van der Waals surface area contributed by atoms with Crippen molar-refractivity contribution in [2.75, 3.05) is 0 Å². The first-order valence-electron chi connectivity index (χ1n) is 6.22. The van der Waals surface area contributed by atoms with Gasteiger partial charge in [-0.15, -0.1) is 0 Å². The first kappa shape index (κ1) is 15.0. The zero-order valence-corrected chi connectivity index (χ0v) is 11.4. The Kier molecular flexibility index (Phi) is 4.38. The lowest BCUT2D eigenvalue weighted by molar-refractivity contribution is 0.0697. The van der Waals surface area contributed by atoms with Crippen LogP contribution in [0.15, 0.2) is 47.6 Å². The molecule has 2 aromatic carbocycles. The molecule has 7 heteroatoms. The third kappa shape index (κ3) is 3.60. The second-order valence-electron chi connectivity index (χ2n) is 4.39. The molecule has 0 heterocycles. The third-order valence-electron chi connectivity index (χ3n) is 2.85. The molecule has 2 amide bonds. The summed E-state index contributed by atoms with van der Waals surface area (Å²) in [5.74, 6) is -1.05. The van der Waals surface area contributed by atoms with Crippen molar-refractivity contribution in [3.8, 4) is 16.9 Å². The van der Waals surface area contributed by atoms with Crippen LogP contribution in [0, 0.1) is 0 Å². The van der Waals surface area contributed by atoms with E-state index in [4.69, 9.17) is 10.8 Å². The van der Waals surface area contributed by atoms with Crippen molar-refractivity contribution in [2.24, 2.45) is 10.8 Å². The van der Waals surface area contributed by atoms with E-state index in [0.29, 0.717) is 16.7 Å². The van der Waals surface area contributed by atoms with Gasteiger partial charge in [-0.05, 0) is 35.4 Å². The van der Waals surface area contributed by atoms with E-state index in [2.05, 4.69) is 5.10 Å². The van der Waals surface area contributed by atoms with Crippen LogP contribution < -0.4 is 11.2 Å². The second kappa shape index (κ2) is 6.40. The summed E-state index contributed by atoms with van der Waals surface area (Å²) >= 11 is 0. The zero-order chi connectivity index (χ0) is 16.1. The molecule has 2 rings (SSSR count). The minimum absolute atomic E-state index is 0.0341. The van der Waals surface area contributed by atoms with E-state index in [1.807, 2.05) is 5.43 Å². The van der Waals surface area contributed by atoms with Gasteiger partial charge in [0.15, 0.2) is 0 Å². The zero-order valence-electron chi connectivity index (χ0n) is 11.4. The van der Waals surface area contributed by atoms with E-state index in [9.17, 15) is 14.7 Å². The van der Waals surface area contributed by atoms with Crippen molar-refractivity contribution >= 4 is 18.2 Å². The van der Waals surface area contributed by atoms with Gasteiger partial charge in [-0.25, -0.2) is 15.0 Å². The molecule has 0 saturated heterocycles. The number of hydrogen-bond acceptors (Lipinski definition) is 4. The minimum atomic E-state index is -1.02. The SMILES string of the molecule is NC(=O)N/N=C/c1cc(-c2cccc(C(=O)O)c2)ccc1O. The molecule has 0 fully saturated rings. The van der Waals surface area contributed by atoms with Crippen LogP contribution in [0.4, 0.5) is 4.79 Å². The summed E-state index contributed by atoms with van der Waals surface area (Å²) in [6.07, 6.45) is 1.24. The summed E-state index contributed by atoms with van der Waals surface area (Å²) in [6, 6.07) is 10.3. The minimum Gasteiger partial charge on any atom is -0.507 e. The molecule has 5 N–H and O–H groups in total. The first-order valence-corrected chi connectivity index (χ1v) is 6.22. The molecule has 2 aromatic rings. The molecule has 0 aliphatic carbocycles. The Labute approximate surface area is 125 Å². The predicted molar refractivity (Wildman–Crippen MR) is 80.8 cm³/mol. The summed E-state index contributed by atoms with van der Waals surface area (Å²) in [4.78, 5) is 21.5. The summed E-state index contributed by atoms with van der Waals surface area (Å²) in [5.41, 5.74) is 8.79. The Morgan fingerprint density at radius 1 is 1.14 bits per heavy atom. The number of amides is 2. The fraction of sp³-hybridized carbons (Fsp3) is 0. The maximum atomic E-state index is 11.0. The second-order valence-corrected chi connectivity index (χ2v) is 4.39. The molecule has 0 aliphatic heterocycles. The molecular weight excluding hydrogens is 286 g/mol. The van der Waals surface area contributed by atoms with Gasteiger partial charge in [0.2, 0.25) is 0 Å². The highest BCUT2D eigenvalue weighted by molar-refractivity contribution is 5.90. The van der Waals surface area contributed by atoms with E-state index >= 15 is 0 Å². The van der Waals surface area contributed by atoms with E-state index in [1.54, 1.807) is 24.3 Å². The number of nitrogens with two attached hydrogens (primary N) is 1. The summed E-state index contributed by atoms with van der Waals surface area (Å²) < 4.78 is 0. The van der Waals surface area contributed by atoms with Crippen LogP contribution in [0.3, 0.4) is 0 Å². The van der Waals surface area contributed by atoms with E-state index in [-0.39, 0.29) is 11.3 Å². The number of phenols is 1. The van der Waals surface area contributed by atoms with Gasteiger partial charge in [-0.1, -0.05) is 18.2 Å². The molecule has 0 atom stereocenters. The topological polar surface area (TPSA) is 125 Å². The third-order valence-corrected chi connectivity index (χ3v) is 2.85. The number of carboxylic acids is 1. The van der Waals surface area contributed by atoms with Crippen molar-refractivity contribution in [3.05, 3.63) is 53.6 Å². The first-order chi connectivity index (χ1) is 10.5. The highest BCUT2D eigenvalue weighted by atomic mass is 16.4. The molecule has 0 saturated carbocycles. The standard InChI is InChI=1S/C15H13N3O4/c16-15(22)18-17-8-12-7-10(4-5-13(12)19)9-2-1-3-11(6-9)14(20)21/h1-8,19H,(H,20,21)(H3,16,18,22)/b17-8+. The number of aromatic carboxylic acids is 1. The number of hydrazone groups is 1. The van der Waals surface area contributed by atoms with Crippen molar-refractivity contribution in [2.45, 2.75) is 0 Å². The highest BCUT2D eigenvalue weighted by Gasteiger charge is 2.07. The number of carboxylic acid groups (broad SMARTS) is 1. The highest BCUT2D eigenvalue weighted by Crippen LogP contribution is 2.25. The molecule has 0 bridgehead atoms. The van der Waals surface area contributed by atoms with Crippen LogP contribution in [0.1, 0.15) is 15.9 Å². The van der Waals surface area contributed by atoms with Crippen LogP contribution in [0.5, 0.6) is 5.75 Å². The fourth-order valence-electron chi connectivity index (χ4n) is 1.83. The van der Waals surface area contributed by atoms with Gasteiger partial charge in [0.05, 0.1) is 11.8 Å². The summed E-state index contributed by atoms with van der Waals surface area (Å²) in [6.45, 7) is 0. The maximum Gasteiger partial charge on any atom is 0.335 e. The molecular formula is C15H13N3O4. The Bertz CT molecular complexity index is 756. The number of aromatic hydroxyl groups is 1. The number of nitrogens with one attached hydrogen (secondary N) is 1. The van der Waals surface area contributed by atoms with E-state index in [0.717, 1.165) is 0 Å². The van der Waals surface area contributed by atoms with Gasteiger partial charge in [-0.2, -0.15) is 5.10 Å². The number of rotatable bonds is 4. The van der Waals surface area contributed by atoms with E-state index in [1.165, 1.54) is 24.4 Å². The quantitative estimate of drug-likeness (QED) is 0.507. The summed E-state index contributed by atoms with van der Waals surface area (Å²) in [5, 5.41) is 22.3. The summed E-state index contributed by atoms with van der Waals surface area (Å²) in [7, 11) is 0. The molecule has 112 valence electrons. The average Bonchev–Trinajstić information content (AvgIpc) is 2.49. The Morgan fingerprint density at radius 3 is 2.55 bits per heavy atom. The lowest BCUT2D eigenvalue weighted by Crippen LogP contribution is -2.24. The average molecular weight is 299 g/mol. The number of nitrogens with zero attached hydrogens (tertiary/aromatic N) is 1. The number of benzene rings is 2. The van der Waals surface area contributed by atoms with Gasteiger partial charge in [0.25, 0.3) is 0 Å². The molecule has 0 radical (unpaired) electrons. The maximum absolute atomic E-state index is 11.0. The Hall–Kier alpha value is -3.35.